The Balaban J connectivity index is 1.88. The molecule has 2 aliphatic rings. The van der Waals surface area contributed by atoms with Crippen LogP contribution in [0.4, 0.5) is 0 Å². The average Bonchev–Trinajstić information content (AvgIpc) is 3.21. The minimum absolute atomic E-state index is 0.243. The molecule has 0 amide bonds. The molecule has 3 rings (SSSR count). The van der Waals surface area contributed by atoms with Crippen molar-refractivity contribution in [3.05, 3.63) is 28.2 Å². The van der Waals surface area contributed by atoms with Crippen molar-refractivity contribution in [2.45, 2.75) is 18.4 Å². The maximum absolute atomic E-state index is 5.60. The molecule has 1 aromatic carbocycles. The van der Waals surface area contributed by atoms with Gasteiger partial charge in [0, 0.05) is 41.8 Å². The summed E-state index contributed by atoms with van der Waals surface area (Å²) in [5.74, 6) is 1.02. The highest BCUT2D eigenvalue weighted by molar-refractivity contribution is 9.10. The lowest BCUT2D eigenvalue weighted by molar-refractivity contribution is 0.0961. The molecule has 4 heteroatoms. The highest BCUT2D eigenvalue weighted by Gasteiger charge is 2.51. The Morgan fingerprint density at radius 3 is 2.42 bits per heavy atom. The molecular weight excluding hydrogens is 304 g/mol. The summed E-state index contributed by atoms with van der Waals surface area (Å²) < 4.78 is 6.68. The van der Waals surface area contributed by atoms with Crippen LogP contribution in [0.15, 0.2) is 22.7 Å². The Morgan fingerprint density at radius 2 is 1.84 bits per heavy atom. The van der Waals surface area contributed by atoms with Gasteiger partial charge in [0.25, 0.3) is 0 Å². The third kappa shape index (κ3) is 2.41. The van der Waals surface area contributed by atoms with E-state index in [1.165, 1.54) is 31.5 Å². The molecule has 0 unspecified atom stereocenters. The number of benzene rings is 1. The topological polar surface area (TPSA) is 15.7 Å². The Bertz CT molecular complexity index is 465. The number of nitrogens with zero attached hydrogens (tertiary/aromatic N) is 2. The van der Waals surface area contributed by atoms with E-state index in [1.54, 1.807) is 7.11 Å². The number of methoxy groups -OCH3 is 1. The molecule has 0 aromatic heterocycles. The van der Waals surface area contributed by atoms with Crippen LogP contribution in [0.25, 0.3) is 0 Å². The van der Waals surface area contributed by atoms with Gasteiger partial charge in [-0.25, -0.2) is 0 Å². The second-order valence-electron chi connectivity index (χ2n) is 5.67. The lowest BCUT2D eigenvalue weighted by Gasteiger charge is -2.39. The summed E-state index contributed by atoms with van der Waals surface area (Å²) in [5.41, 5.74) is 1.61. The van der Waals surface area contributed by atoms with E-state index in [0.29, 0.717) is 0 Å². The molecule has 0 bridgehead atoms. The van der Waals surface area contributed by atoms with E-state index in [4.69, 9.17) is 4.74 Å². The van der Waals surface area contributed by atoms with E-state index in [9.17, 15) is 0 Å². The summed E-state index contributed by atoms with van der Waals surface area (Å²) in [6.45, 7) is 4.66. The van der Waals surface area contributed by atoms with Crippen molar-refractivity contribution >= 4 is 15.9 Å². The molecular formula is C15H21BrN2O. The largest absolute Gasteiger partial charge is 0.496 e. The van der Waals surface area contributed by atoms with Crippen LogP contribution in [0.1, 0.15) is 18.4 Å². The van der Waals surface area contributed by atoms with Crippen LogP contribution >= 0.6 is 15.9 Å². The van der Waals surface area contributed by atoms with Crippen molar-refractivity contribution in [3.8, 4) is 5.75 Å². The van der Waals surface area contributed by atoms with Crippen molar-refractivity contribution in [3.63, 3.8) is 0 Å². The second kappa shape index (κ2) is 5.08. The summed E-state index contributed by atoms with van der Waals surface area (Å²) in [4.78, 5) is 5.06. The van der Waals surface area contributed by atoms with E-state index in [-0.39, 0.29) is 5.54 Å². The van der Waals surface area contributed by atoms with Crippen LogP contribution in [0.3, 0.4) is 0 Å². The van der Waals surface area contributed by atoms with E-state index in [0.717, 1.165) is 23.3 Å². The van der Waals surface area contributed by atoms with Gasteiger partial charge < -0.3 is 9.64 Å². The minimum Gasteiger partial charge on any atom is -0.496 e. The fourth-order valence-corrected chi connectivity index (χ4v) is 3.50. The number of hydrogen-bond donors (Lipinski definition) is 0. The first-order chi connectivity index (χ1) is 9.15. The Labute approximate surface area is 123 Å². The monoisotopic (exact) mass is 324 g/mol. The molecule has 19 heavy (non-hydrogen) atoms. The molecule has 2 fully saturated rings. The van der Waals surface area contributed by atoms with Crippen LogP contribution in [0, 0.1) is 0 Å². The van der Waals surface area contributed by atoms with E-state index >= 15 is 0 Å². The van der Waals surface area contributed by atoms with Gasteiger partial charge in [-0.15, -0.1) is 0 Å². The first kappa shape index (κ1) is 13.4. The van der Waals surface area contributed by atoms with Crippen molar-refractivity contribution in [2.24, 2.45) is 0 Å². The average molecular weight is 325 g/mol. The van der Waals surface area contributed by atoms with Crippen LogP contribution in [-0.4, -0.2) is 50.1 Å². The maximum atomic E-state index is 5.60. The third-order valence-corrected chi connectivity index (χ3v) is 4.99. The normalized spacial score (nSPS) is 23.3. The molecule has 1 aliphatic heterocycles. The van der Waals surface area contributed by atoms with Gasteiger partial charge in [0.2, 0.25) is 0 Å². The SMILES string of the molecule is COc1cc(Br)ccc1C1(N2CCN(C)CC2)CC1. The summed E-state index contributed by atoms with van der Waals surface area (Å²) >= 11 is 3.53. The maximum Gasteiger partial charge on any atom is 0.125 e. The van der Waals surface area contributed by atoms with Crippen LogP contribution in [0.2, 0.25) is 0 Å². The Morgan fingerprint density at radius 1 is 1.16 bits per heavy atom. The predicted molar refractivity (Wildman–Crippen MR) is 80.7 cm³/mol. The zero-order chi connectivity index (χ0) is 13.5. The van der Waals surface area contributed by atoms with Gasteiger partial charge >= 0.3 is 0 Å². The van der Waals surface area contributed by atoms with Crippen molar-refractivity contribution < 1.29 is 4.74 Å². The molecule has 1 saturated carbocycles. The molecule has 1 saturated heterocycles. The molecule has 0 spiro atoms. The van der Waals surface area contributed by atoms with Crippen molar-refractivity contribution in [2.75, 3.05) is 40.3 Å². The number of hydrogen-bond acceptors (Lipinski definition) is 3. The van der Waals surface area contributed by atoms with E-state index in [1.807, 2.05) is 0 Å². The highest BCUT2D eigenvalue weighted by Crippen LogP contribution is 2.54. The molecule has 104 valence electrons. The Hall–Kier alpha value is -0.580. The fourth-order valence-electron chi connectivity index (χ4n) is 3.16. The van der Waals surface area contributed by atoms with Crippen LogP contribution in [-0.2, 0) is 5.54 Å². The number of likely N-dealkylation sites (N-methyl/N-ethyl adjacent to an activating group) is 1. The summed E-state index contributed by atoms with van der Waals surface area (Å²) in [7, 11) is 3.97. The molecule has 1 aromatic rings. The molecule has 0 N–H and O–H groups in total. The lowest BCUT2D eigenvalue weighted by Crippen LogP contribution is -2.49. The molecule has 3 nitrogen and oxygen atoms in total. The van der Waals surface area contributed by atoms with E-state index < -0.39 is 0 Å². The first-order valence-electron chi connectivity index (χ1n) is 6.93. The van der Waals surface area contributed by atoms with Gasteiger partial charge in [0.05, 0.1) is 7.11 Å². The molecule has 0 radical (unpaired) electrons. The number of halogens is 1. The number of ether oxygens (including phenoxy) is 1. The first-order valence-corrected chi connectivity index (χ1v) is 7.73. The zero-order valence-electron chi connectivity index (χ0n) is 11.7. The van der Waals surface area contributed by atoms with Crippen LogP contribution < -0.4 is 4.74 Å². The molecule has 0 atom stereocenters. The number of piperazine rings is 1. The van der Waals surface area contributed by atoms with Gasteiger partial charge in [-0.05, 0) is 32.0 Å². The van der Waals surface area contributed by atoms with Gasteiger partial charge in [-0.1, -0.05) is 22.0 Å². The summed E-state index contributed by atoms with van der Waals surface area (Å²) in [5, 5.41) is 0. The summed E-state index contributed by atoms with van der Waals surface area (Å²) in [6.07, 6.45) is 2.52. The van der Waals surface area contributed by atoms with Gasteiger partial charge in [0.15, 0.2) is 0 Å². The van der Waals surface area contributed by atoms with Gasteiger partial charge in [0.1, 0.15) is 5.75 Å². The lowest BCUT2D eigenvalue weighted by atomic mass is 10.0. The van der Waals surface area contributed by atoms with Crippen LogP contribution in [0.5, 0.6) is 5.75 Å². The fraction of sp³-hybridized carbons (Fsp3) is 0.600. The standard InChI is InChI=1S/C15H21BrN2O/c1-17-7-9-18(10-8-17)15(5-6-15)13-4-3-12(16)11-14(13)19-2/h3-4,11H,5-10H2,1-2H3. The zero-order valence-corrected chi connectivity index (χ0v) is 13.2. The Kier molecular flexibility index (Phi) is 3.58. The molecule has 1 aliphatic carbocycles. The van der Waals surface area contributed by atoms with Gasteiger partial charge in [-0.2, -0.15) is 0 Å². The van der Waals surface area contributed by atoms with Crippen molar-refractivity contribution in [1.82, 2.24) is 9.80 Å². The highest BCUT2D eigenvalue weighted by atomic mass is 79.9. The minimum atomic E-state index is 0.243. The van der Waals surface area contributed by atoms with E-state index in [2.05, 4.69) is 51.0 Å². The summed E-state index contributed by atoms with van der Waals surface area (Å²) in [6, 6.07) is 6.45. The molecule has 1 heterocycles. The quantitative estimate of drug-likeness (QED) is 0.850. The van der Waals surface area contributed by atoms with Crippen molar-refractivity contribution in [1.29, 1.82) is 0 Å². The van der Waals surface area contributed by atoms with Gasteiger partial charge in [-0.3, -0.25) is 4.90 Å². The third-order valence-electron chi connectivity index (χ3n) is 4.50. The smallest absolute Gasteiger partial charge is 0.125 e. The predicted octanol–water partition coefficient (Wildman–Crippen LogP) is 2.69. The number of rotatable bonds is 3. The second-order valence-corrected chi connectivity index (χ2v) is 6.58.